The van der Waals surface area contributed by atoms with Gasteiger partial charge in [0.2, 0.25) is 0 Å². The van der Waals surface area contributed by atoms with Crippen LogP contribution in [-0.4, -0.2) is 13.1 Å². The highest BCUT2D eigenvalue weighted by Crippen LogP contribution is 2.56. The Balaban J connectivity index is 2.11. The summed E-state index contributed by atoms with van der Waals surface area (Å²) in [5, 5.41) is 7.49. The molecule has 0 unspecified atom stereocenters. The largest absolute Gasteiger partial charge is 0.466 e. The fourth-order valence-electron chi connectivity index (χ4n) is 2.83. The highest BCUT2D eigenvalue weighted by Gasteiger charge is 2.47. The van der Waals surface area contributed by atoms with Crippen LogP contribution >= 0.6 is 7.41 Å². The van der Waals surface area contributed by atoms with Gasteiger partial charge in [-0.15, -0.1) is 0 Å². The Morgan fingerprint density at radius 3 is 1.64 bits per heavy atom. The zero-order valence-corrected chi connectivity index (χ0v) is 16.4. The van der Waals surface area contributed by atoms with Crippen LogP contribution in [0.1, 0.15) is 0 Å². The van der Waals surface area contributed by atoms with Gasteiger partial charge < -0.3 is 4.74 Å². The number of hydrogen-bond donors (Lipinski definition) is 1. The summed E-state index contributed by atoms with van der Waals surface area (Å²) in [5.41, 5.74) is 2.72. The number of benzene rings is 3. The van der Waals surface area contributed by atoms with E-state index in [9.17, 15) is 4.79 Å². The fraction of sp³-hybridized carbons (Fsp3) is 0.0455. The van der Waals surface area contributed by atoms with Crippen molar-refractivity contribution >= 4 is 29.3 Å². The maximum Gasteiger partial charge on any atom is 0.332 e. The van der Waals surface area contributed by atoms with Gasteiger partial charge in [-0.2, -0.15) is 0 Å². The molecule has 6 heteroatoms. The molecule has 0 spiro atoms. The van der Waals surface area contributed by atoms with E-state index in [0.717, 1.165) is 15.9 Å². The average molecular weight is 390 g/mol. The Hall–Kier alpha value is -3.30. The second-order valence-electron chi connectivity index (χ2n) is 5.82. The first kappa shape index (κ1) is 19.5. The normalized spacial score (nSPS) is 11.6. The first-order valence-electron chi connectivity index (χ1n) is 8.75. The highest BCUT2D eigenvalue weighted by atomic mass is 31.2. The van der Waals surface area contributed by atoms with Crippen molar-refractivity contribution in [1.29, 1.82) is 0 Å². The van der Waals surface area contributed by atoms with Crippen LogP contribution in [0.25, 0.3) is 0 Å². The first-order valence-corrected chi connectivity index (χ1v) is 10.5. The van der Waals surface area contributed by atoms with Crippen molar-refractivity contribution in [2.75, 3.05) is 7.11 Å². The number of carbonyl (C=O) groups excluding carboxylic acids is 1. The highest BCUT2D eigenvalue weighted by molar-refractivity contribution is 7.94. The molecule has 0 saturated carbocycles. The van der Waals surface area contributed by atoms with E-state index in [4.69, 9.17) is 4.88 Å². The van der Waals surface area contributed by atoms with Gasteiger partial charge >= 0.3 is 5.97 Å². The van der Waals surface area contributed by atoms with Gasteiger partial charge in [0.15, 0.2) is 0 Å². The summed E-state index contributed by atoms with van der Waals surface area (Å²) in [7, 11) is -1.05. The summed E-state index contributed by atoms with van der Waals surface area (Å²) >= 11 is 0. The minimum atomic E-state index is -2.38. The van der Waals surface area contributed by atoms with Crippen LogP contribution in [0.5, 0.6) is 0 Å². The van der Waals surface area contributed by atoms with Crippen molar-refractivity contribution < 1.29 is 9.53 Å². The molecule has 0 aliphatic carbocycles. The van der Waals surface area contributed by atoms with Crippen molar-refractivity contribution in [3.05, 3.63) is 103 Å². The van der Waals surface area contributed by atoms with Gasteiger partial charge in [0.05, 0.1) is 7.11 Å². The smallest absolute Gasteiger partial charge is 0.332 e. The molecule has 0 aliphatic heterocycles. The van der Waals surface area contributed by atoms with Crippen LogP contribution in [0.15, 0.2) is 113 Å². The lowest BCUT2D eigenvalue weighted by atomic mass is 10.4. The molecule has 0 amide bonds. The predicted molar refractivity (Wildman–Crippen MR) is 114 cm³/mol. The quantitative estimate of drug-likeness (QED) is 0.221. The number of nitrogens with one attached hydrogen (secondary N) is 1. The van der Waals surface area contributed by atoms with Crippen molar-refractivity contribution in [2.45, 2.75) is 0 Å². The zero-order chi connectivity index (χ0) is 19.7. The molecule has 0 heterocycles. The lowest BCUT2D eigenvalue weighted by Gasteiger charge is -2.20. The van der Waals surface area contributed by atoms with E-state index in [-0.39, 0.29) is 0 Å². The van der Waals surface area contributed by atoms with E-state index < -0.39 is 13.4 Å². The molecule has 0 atom stereocenters. The number of methoxy groups -OCH3 is 1. The van der Waals surface area contributed by atoms with Crippen molar-refractivity contribution in [3.8, 4) is 0 Å². The second-order valence-corrected chi connectivity index (χ2v) is 8.82. The summed E-state index contributed by atoms with van der Waals surface area (Å²) < 4.78 is 4.57. The van der Waals surface area contributed by atoms with Gasteiger partial charge in [0, 0.05) is 17.2 Å². The predicted octanol–water partition coefficient (Wildman–Crippen LogP) is 3.54. The Kier molecular flexibility index (Phi) is 6.66. The van der Waals surface area contributed by atoms with Gasteiger partial charge in [-0.1, -0.05) is 54.6 Å². The Morgan fingerprint density at radius 2 is 1.25 bits per heavy atom. The molecular formula is C22H21N3O2P+. The van der Waals surface area contributed by atoms with Crippen LogP contribution in [0.3, 0.4) is 0 Å². The molecule has 3 aromatic carbocycles. The molecule has 5 nitrogen and oxygen atoms in total. The molecule has 0 aliphatic rings. The number of hydrogen-bond acceptors (Lipinski definition) is 4. The fourth-order valence-corrected chi connectivity index (χ4v) is 6.03. The Labute approximate surface area is 165 Å². The van der Waals surface area contributed by atoms with Crippen LogP contribution in [0.2, 0.25) is 0 Å². The first-order chi connectivity index (χ1) is 13.8. The topological polar surface area (TPSA) is 63.0 Å². The zero-order valence-electron chi connectivity index (χ0n) is 15.5. The molecular weight excluding hydrogens is 369 g/mol. The number of rotatable bonds is 7. The summed E-state index contributed by atoms with van der Waals surface area (Å²) in [4.78, 5) is 16.0. The molecule has 1 N–H and O–H groups in total. The van der Waals surface area contributed by atoms with E-state index in [1.165, 1.54) is 19.4 Å². The van der Waals surface area contributed by atoms with Crippen LogP contribution in [0, 0.1) is 0 Å². The average Bonchev–Trinajstić information content (AvgIpc) is 2.78. The summed E-state index contributed by atoms with van der Waals surface area (Å²) in [6.07, 6.45) is 2.66. The second kappa shape index (κ2) is 9.58. The minimum Gasteiger partial charge on any atom is -0.466 e. The summed E-state index contributed by atoms with van der Waals surface area (Å²) in [6.45, 7) is 0. The van der Waals surface area contributed by atoms with Crippen LogP contribution in [0.4, 0.5) is 0 Å². The third kappa shape index (κ3) is 4.33. The summed E-state index contributed by atoms with van der Waals surface area (Å²) in [6, 6.07) is 30.5. The van der Waals surface area contributed by atoms with E-state index in [2.05, 4.69) is 51.8 Å². The Morgan fingerprint density at radius 1 is 0.821 bits per heavy atom. The lowest BCUT2D eigenvalue weighted by molar-refractivity contribution is -0.134. The monoisotopic (exact) mass is 390 g/mol. The van der Waals surface area contributed by atoms with Crippen LogP contribution < -0.4 is 21.3 Å². The minimum absolute atomic E-state index is 0.460. The van der Waals surface area contributed by atoms with Crippen molar-refractivity contribution in [2.24, 2.45) is 10.1 Å². The molecule has 3 aromatic rings. The molecule has 0 radical (unpaired) electrons. The van der Waals surface area contributed by atoms with Gasteiger partial charge in [0.1, 0.15) is 15.9 Å². The molecule has 0 saturated heterocycles. The van der Waals surface area contributed by atoms with Crippen LogP contribution in [-0.2, 0) is 9.53 Å². The van der Waals surface area contributed by atoms with E-state index >= 15 is 0 Å². The number of ether oxygens (including phenoxy) is 1. The molecule has 28 heavy (non-hydrogen) atoms. The summed E-state index contributed by atoms with van der Waals surface area (Å²) in [5.74, 6) is -0.460. The number of carbonyl (C=O) groups is 1. The standard InChI is InChI=1S/C22H20N3O2P/c1-27-22(26)17-18-23-24-25-28(19-11-5-2-6-12-19,20-13-7-3-8-14-20)21-15-9-4-10-16-21/h2-18H,1H3/p+1. The SMILES string of the molecule is COC(=O)C=CN/N=N/[P+](c1ccccc1)(c1ccccc1)c1ccccc1. The molecule has 140 valence electrons. The number of nitrogens with zero attached hydrogens (tertiary/aromatic N) is 2. The van der Waals surface area contributed by atoms with Crippen molar-refractivity contribution in [1.82, 2.24) is 5.43 Å². The van der Waals surface area contributed by atoms with Crippen molar-refractivity contribution in [3.63, 3.8) is 0 Å². The molecule has 0 fully saturated rings. The van der Waals surface area contributed by atoms with E-state index in [1.807, 2.05) is 54.6 Å². The Bertz CT molecular complexity index is 849. The van der Waals surface area contributed by atoms with Gasteiger partial charge in [-0.3, -0.25) is 5.43 Å². The van der Waals surface area contributed by atoms with Gasteiger partial charge in [0.25, 0.3) is 7.41 Å². The lowest BCUT2D eigenvalue weighted by Crippen LogP contribution is -2.29. The maximum atomic E-state index is 11.2. The maximum absolute atomic E-state index is 11.2. The van der Waals surface area contributed by atoms with Gasteiger partial charge in [-0.25, -0.2) is 4.79 Å². The third-order valence-electron chi connectivity index (χ3n) is 4.12. The van der Waals surface area contributed by atoms with E-state index in [1.54, 1.807) is 0 Å². The molecule has 3 rings (SSSR count). The third-order valence-corrected chi connectivity index (χ3v) is 7.62. The molecule has 0 aromatic heterocycles. The van der Waals surface area contributed by atoms with E-state index in [0.29, 0.717) is 0 Å². The number of esters is 1. The van der Waals surface area contributed by atoms with Gasteiger partial charge in [-0.05, 0) is 41.6 Å². The molecule has 0 bridgehead atoms.